The van der Waals surface area contributed by atoms with Crippen LogP contribution in [0.3, 0.4) is 0 Å². The zero-order valence-corrected chi connectivity index (χ0v) is 32.2. The van der Waals surface area contributed by atoms with Gasteiger partial charge in [0.25, 0.3) is 0 Å². The molecule has 0 radical (unpaired) electrons. The summed E-state index contributed by atoms with van der Waals surface area (Å²) < 4.78 is 89.8. The molecule has 0 aliphatic heterocycles. The third-order valence-electron chi connectivity index (χ3n) is 11.4. The van der Waals surface area contributed by atoms with Gasteiger partial charge in [0.2, 0.25) is 0 Å². The molecule has 9 heteroatoms. The maximum atomic E-state index is 14.3. The van der Waals surface area contributed by atoms with E-state index < -0.39 is 23.5 Å². The summed E-state index contributed by atoms with van der Waals surface area (Å²) in [7, 11) is 0. The summed E-state index contributed by atoms with van der Waals surface area (Å²) in [5.74, 6) is 0.650. The number of alkyl halides is 6. The number of hydrogen-bond donors (Lipinski definition) is 0. The Kier molecular flexibility index (Phi) is 8.50. The highest BCUT2D eigenvalue weighted by molar-refractivity contribution is 6.12. The minimum atomic E-state index is -5.03. The van der Waals surface area contributed by atoms with Gasteiger partial charge in [0.05, 0.1) is 33.2 Å². The SMILES string of the molecule is Cc1ccccc1-c1ccc2c(c1)c1ccccc1n2-c1cc(-c2cc(C(F)(F)F)cc(C(F)(F)F)c2)cc(-n2c3ccccc3c3cc(-c4ccccc4C)ccc32)n1. The van der Waals surface area contributed by atoms with Crippen molar-refractivity contribution in [2.75, 3.05) is 0 Å². The van der Waals surface area contributed by atoms with Gasteiger partial charge < -0.3 is 0 Å². The lowest BCUT2D eigenvalue weighted by molar-refractivity contribution is -0.143. The summed E-state index contributed by atoms with van der Waals surface area (Å²) in [6, 6.07) is 48.8. The van der Waals surface area contributed by atoms with Crippen LogP contribution in [0.25, 0.3) is 88.6 Å². The largest absolute Gasteiger partial charge is 0.416 e. The van der Waals surface area contributed by atoms with Crippen LogP contribution >= 0.6 is 0 Å². The van der Waals surface area contributed by atoms with E-state index in [0.29, 0.717) is 11.6 Å². The number of rotatable bonds is 5. The van der Waals surface area contributed by atoms with Crippen LogP contribution in [0, 0.1) is 13.8 Å². The van der Waals surface area contributed by atoms with Crippen LogP contribution < -0.4 is 0 Å². The van der Waals surface area contributed by atoms with Crippen molar-refractivity contribution in [3.63, 3.8) is 0 Å². The molecule has 7 aromatic carbocycles. The maximum Gasteiger partial charge on any atom is 0.416 e. The molecule has 0 spiro atoms. The van der Waals surface area contributed by atoms with Crippen molar-refractivity contribution in [3.8, 4) is 45.0 Å². The Morgan fingerprint density at radius 2 is 0.750 bits per heavy atom. The second-order valence-electron chi connectivity index (χ2n) is 15.2. The first-order valence-electron chi connectivity index (χ1n) is 19.3. The molecule has 0 aliphatic carbocycles. The fraction of sp³-hybridized carbons (Fsp3) is 0.0784. The number of pyridine rings is 1. The van der Waals surface area contributed by atoms with E-state index in [1.54, 1.807) is 12.1 Å². The molecule has 0 amide bonds. The number of aryl methyl sites for hydroxylation is 2. The zero-order chi connectivity index (χ0) is 41.5. The average Bonchev–Trinajstić information content (AvgIpc) is 3.75. The van der Waals surface area contributed by atoms with Gasteiger partial charge in [0.1, 0.15) is 11.6 Å². The van der Waals surface area contributed by atoms with Crippen molar-refractivity contribution < 1.29 is 26.3 Å². The predicted octanol–water partition coefficient (Wildman–Crippen LogP) is 14.9. The van der Waals surface area contributed by atoms with Gasteiger partial charge in [-0.15, -0.1) is 0 Å². The van der Waals surface area contributed by atoms with Gasteiger partial charge >= 0.3 is 12.4 Å². The molecule has 10 aromatic rings. The first-order valence-corrected chi connectivity index (χ1v) is 19.3. The fourth-order valence-electron chi connectivity index (χ4n) is 8.59. The molecule has 0 N–H and O–H groups in total. The maximum absolute atomic E-state index is 14.3. The predicted molar refractivity (Wildman–Crippen MR) is 229 cm³/mol. The lowest BCUT2D eigenvalue weighted by Crippen LogP contribution is -2.11. The number of nitrogens with zero attached hydrogens (tertiary/aromatic N) is 3. The minimum Gasteiger partial charge on any atom is -0.294 e. The highest BCUT2D eigenvalue weighted by atomic mass is 19.4. The quantitative estimate of drug-likeness (QED) is 0.159. The summed E-state index contributed by atoms with van der Waals surface area (Å²) in [6.07, 6.45) is -10.1. The molecule has 0 saturated heterocycles. The van der Waals surface area contributed by atoms with E-state index in [-0.39, 0.29) is 17.2 Å². The molecule has 10 rings (SSSR count). The number of aromatic nitrogens is 3. The van der Waals surface area contributed by atoms with Gasteiger partial charge in [0.15, 0.2) is 0 Å². The first kappa shape index (κ1) is 37.2. The molecule has 0 saturated carbocycles. The molecular weight excluding hydrogens is 769 g/mol. The molecule has 0 bridgehead atoms. The number of hydrogen-bond acceptors (Lipinski definition) is 1. The van der Waals surface area contributed by atoms with Crippen molar-refractivity contribution in [2.45, 2.75) is 26.2 Å². The first-order chi connectivity index (χ1) is 28.8. The van der Waals surface area contributed by atoms with Crippen LogP contribution in [-0.2, 0) is 12.4 Å². The lowest BCUT2D eigenvalue weighted by atomic mass is 9.99. The Balaban J connectivity index is 1.28. The highest BCUT2D eigenvalue weighted by Crippen LogP contribution is 2.42. The molecule has 294 valence electrons. The van der Waals surface area contributed by atoms with Crippen LogP contribution in [0.5, 0.6) is 0 Å². The lowest BCUT2D eigenvalue weighted by Gasteiger charge is -2.17. The number of halogens is 6. The van der Waals surface area contributed by atoms with E-state index in [1.165, 1.54) is 0 Å². The van der Waals surface area contributed by atoms with E-state index in [0.717, 1.165) is 89.1 Å². The second-order valence-corrected chi connectivity index (χ2v) is 15.2. The minimum absolute atomic E-state index is 0.136. The number of fused-ring (bicyclic) bond motifs is 6. The molecule has 3 heterocycles. The summed E-state index contributed by atoms with van der Waals surface area (Å²) in [4.78, 5) is 5.26. The van der Waals surface area contributed by atoms with Crippen LogP contribution in [0.15, 0.2) is 164 Å². The average molecular weight is 802 g/mol. The molecule has 0 atom stereocenters. The molecule has 0 aliphatic rings. The Morgan fingerprint density at radius 3 is 1.18 bits per heavy atom. The monoisotopic (exact) mass is 801 g/mol. The van der Waals surface area contributed by atoms with E-state index in [2.05, 4.69) is 50.2 Å². The van der Waals surface area contributed by atoms with Gasteiger partial charge in [-0.1, -0.05) is 97.1 Å². The van der Waals surface area contributed by atoms with Crippen molar-refractivity contribution in [1.29, 1.82) is 0 Å². The van der Waals surface area contributed by atoms with Crippen LogP contribution in [-0.4, -0.2) is 14.1 Å². The fourth-order valence-corrected chi connectivity index (χ4v) is 8.59. The van der Waals surface area contributed by atoms with Crippen LogP contribution in [0.1, 0.15) is 22.3 Å². The normalized spacial score (nSPS) is 12.3. The van der Waals surface area contributed by atoms with E-state index >= 15 is 0 Å². The van der Waals surface area contributed by atoms with Crippen molar-refractivity contribution >= 4 is 43.6 Å². The smallest absolute Gasteiger partial charge is 0.294 e. The standard InChI is InChI=1S/C51H33F6N3/c1-30-11-3-5-13-38(30)32-19-21-46-42(25-32)40-15-7-9-17-44(40)59(46)48-27-35(34-23-36(50(52,53)54)29-37(24-34)51(55,56)57)28-49(58-48)60-45-18-10-8-16-41(45)43-26-33(20-22-47(43)60)39-14-6-4-12-31(39)2/h3-29H,1-2H3. The van der Waals surface area contributed by atoms with Crippen molar-refractivity contribution in [2.24, 2.45) is 0 Å². The van der Waals surface area contributed by atoms with Gasteiger partial charge in [-0.3, -0.25) is 9.13 Å². The van der Waals surface area contributed by atoms with Gasteiger partial charge in [-0.25, -0.2) is 4.98 Å². The molecule has 0 fully saturated rings. The van der Waals surface area contributed by atoms with E-state index in [9.17, 15) is 26.3 Å². The zero-order valence-electron chi connectivity index (χ0n) is 32.2. The van der Waals surface area contributed by atoms with Crippen LogP contribution in [0.2, 0.25) is 0 Å². The van der Waals surface area contributed by atoms with Gasteiger partial charge in [0, 0.05) is 21.5 Å². The van der Waals surface area contributed by atoms with Gasteiger partial charge in [-0.05, 0) is 125 Å². The number of para-hydroxylation sites is 2. The molecule has 60 heavy (non-hydrogen) atoms. The summed E-state index contributed by atoms with van der Waals surface area (Å²) in [6.45, 7) is 4.10. The van der Waals surface area contributed by atoms with E-state index in [1.807, 2.05) is 106 Å². The summed E-state index contributed by atoms with van der Waals surface area (Å²) in [5.41, 5.74) is 6.56. The highest BCUT2D eigenvalue weighted by Gasteiger charge is 2.37. The van der Waals surface area contributed by atoms with Crippen LogP contribution in [0.4, 0.5) is 26.3 Å². The second kappa shape index (κ2) is 13.7. The Morgan fingerprint density at radius 1 is 0.367 bits per heavy atom. The van der Waals surface area contributed by atoms with Gasteiger partial charge in [-0.2, -0.15) is 26.3 Å². The Labute approximate surface area is 340 Å². The topological polar surface area (TPSA) is 22.8 Å². The Hall–Kier alpha value is -7.13. The van der Waals surface area contributed by atoms with Crippen molar-refractivity contribution in [1.82, 2.24) is 14.1 Å². The van der Waals surface area contributed by atoms with Crippen molar-refractivity contribution in [3.05, 3.63) is 186 Å². The van der Waals surface area contributed by atoms with E-state index in [4.69, 9.17) is 4.98 Å². The third-order valence-corrected chi connectivity index (χ3v) is 11.4. The molecular formula is C51H33F6N3. The molecule has 3 nitrogen and oxygen atoms in total. The third kappa shape index (κ3) is 6.20. The summed E-state index contributed by atoms with van der Waals surface area (Å²) >= 11 is 0. The summed E-state index contributed by atoms with van der Waals surface area (Å²) in [5, 5.41) is 3.66. The molecule has 3 aromatic heterocycles. The number of benzene rings is 7. The Bertz CT molecular complexity index is 3120. The molecule has 0 unspecified atom stereocenters.